The van der Waals surface area contributed by atoms with Gasteiger partial charge in [0, 0.05) is 5.92 Å². The molecular weight excluding hydrogens is 212 g/mol. The SMILES string of the molecule is C[C@@H](c1ccccc1)c1ccc(C(=O)O)cc1. The van der Waals surface area contributed by atoms with Gasteiger partial charge in [-0.2, -0.15) is 0 Å². The fourth-order valence-corrected chi connectivity index (χ4v) is 1.85. The van der Waals surface area contributed by atoms with Crippen molar-refractivity contribution in [3.8, 4) is 0 Å². The first-order chi connectivity index (χ1) is 8.18. The van der Waals surface area contributed by atoms with E-state index in [1.807, 2.05) is 30.3 Å². The van der Waals surface area contributed by atoms with Crippen LogP contribution in [-0.4, -0.2) is 11.1 Å². The number of carbonyl (C=O) groups is 1. The van der Waals surface area contributed by atoms with Crippen LogP contribution in [0.1, 0.15) is 34.3 Å². The van der Waals surface area contributed by atoms with Crippen molar-refractivity contribution in [2.45, 2.75) is 12.8 Å². The predicted molar refractivity (Wildman–Crippen MR) is 67.4 cm³/mol. The average Bonchev–Trinajstić information content (AvgIpc) is 2.39. The molecule has 0 saturated carbocycles. The fourth-order valence-electron chi connectivity index (χ4n) is 1.85. The van der Waals surface area contributed by atoms with Crippen LogP contribution in [0, 0.1) is 0 Å². The number of rotatable bonds is 3. The highest BCUT2D eigenvalue weighted by Crippen LogP contribution is 2.23. The van der Waals surface area contributed by atoms with Gasteiger partial charge in [-0.25, -0.2) is 4.79 Å². The monoisotopic (exact) mass is 226 g/mol. The summed E-state index contributed by atoms with van der Waals surface area (Å²) in [7, 11) is 0. The number of hydrogen-bond acceptors (Lipinski definition) is 1. The maximum atomic E-state index is 10.8. The van der Waals surface area contributed by atoms with E-state index in [1.165, 1.54) is 5.56 Å². The summed E-state index contributed by atoms with van der Waals surface area (Å²) in [4.78, 5) is 10.8. The van der Waals surface area contributed by atoms with Crippen molar-refractivity contribution in [1.82, 2.24) is 0 Å². The molecule has 0 radical (unpaired) electrons. The number of aromatic carboxylic acids is 1. The fraction of sp³-hybridized carbons (Fsp3) is 0.133. The molecule has 0 bridgehead atoms. The Morgan fingerprint density at radius 3 is 2.00 bits per heavy atom. The molecule has 0 fully saturated rings. The van der Waals surface area contributed by atoms with Crippen LogP contribution in [0.15, 0.2) is 54.6 Å². The Hall–Kier alpha value is -2.09. The summed E-state index contributed by atoms with van der Waals surface area (Å²) < 4.78 is 0. The number of hydrogen-bond donors (Lipinski definition) is 1. The molecule has 1 atom stereocenters. The van der Waals surface area contributed by atoms with Crippen molar-refractivity contribution in [1.29, 1.82) is 0 Å². The molecule has 2 aromatic carbocycles. The van der Waals surface area contributed by atoms with Crippen molar-refractivity contribution < 1.29 is 9.90 Å². The zero-order chi connectivity index (χ0) is 12.3. The van der Waals surface area contributed by atoms with Crippen molar-refractivity contribution in [3.05, 3.63) is 71.3 Å². The van der Waals surface area contributed by atoms with E-state index >= 15 is 0 Å². The summed E-state index contributed by atoms with van der Waals surface area (Å²) in [5.74, 6) is -0.608. The Morgan fingerprint density at radius 1 is 0.941 bits per heavy atom. The normalized spacial score (nSPS) is 12.1. The summed E-state index contributed by atoms with van der Waals surface area (Å²) in [6, 6.07) is 17.2. The predicted octanol–water partition coefficient (Wildman–Crippen LogP) is 3.54. The van der Waals surface area contributed by atoms with Gasteiger partial charge in [0.1, 0.15) is 0 Å². The lowest BCUT2D eigenvalue weighted by molar-refractivity contribution is 0.0697. The molecule has 0 unspecified atom stereocenters. The van der Waals surface area contributed by atoms with E-state index in [4.69, 9.17) is 5.11 Å². The number of benzene rings is 2. The third kappa shape index (κ3) is 2.53. The van der Waals surface area contributed by atoms with Gasteiger partial charge in [-0.3, -0.25) is 0 Å². The summed E-state index contributed by atoms with van der Waals surface area (Å²) >= 11 is 0. The summed E-state index contributed by atoms with van der Waals surface area (Å²) in [6.45, 7) is 2.12. The minimum Gasteiger partial charge on any atom is -0.478 e. The molecule has 86 valence electrons. The van der Waals surface area contributed by atoms with Crippen LogP contribution >= 0.6 is 0 Å². The average molecular weight is 226 g/mol. The van der Waals surface area contributed by atoms with Crippen LogP contribution in [0.25, 0.3) is 0 Å². The summed E-state index contributed by atoms with van der Waals surface area (Å²) in [5, 5.41) is 8.83. The molecule has 2 heteroatoms. The lowest BCUT2D eigenvalue weighted by atomic mass is 9.93. The first-order valence-corrected chi connectivity index (χ1v) is 5.56. The highest BCUT2D eigenvalue weighted by Gasteiger charge is 2.09. The zero-order valence-electron chi connectivity index (χ0n) is 9.63. The largest absolute Gasteiger partial charge is 0.478 e. The van der Waals surface area contributed by atoms with Gasteiger partial charge in [0.15, 0.2) is 0 Å². The molecule has 2 rings (SSSR count). The van der Waals surface area contributed by atoms with Gasteiger partial charge in [-0.1, -0.05) is 49.4 Å². The van der Waals surface area contributed by atoms with Crippen molar-refractivity contribution >= 4 is 5.97 Å². The van der Waals surface area contributed by atoms with E-state index in [0.29, 0.717) is 5.56 Å². The Morgan fingerprint density at radius 2 is 1.47 bits per heavy atom. The van der Waals surface area contributed by atoms with Gasteiger partial charge in [-0.05, 0) is 23.3 Å². The van der Waals surface area contributed by atoms with Gasteiger partial charge >= 0.3 is 5.97 Å². The minimum atomic E-state index is -0.885. The van der Waals surface area contributed by atoms with Gasteiger partial charge in [-0.15, -0.1) is 0 Å². The second kappa shape index (κ2) is 4.83. The Balaban J connectivity index is 2.26. The Labute approximate surface area is 101 Å². The highest BCUT2D eigenvalue weighted by atomic mass is 16.4. The van der Waals surface area contributed by atoms with Crippen LogP contribution in [0.5, 0.6) is 0 Å². The molecular formula is C15H14O2. The van der Waals surface area contributed by atoms with E-state index in [-0.39, 0.29) is 5.92 Å². The van der Waals surface area contributed by atoms with E-state index in [2.05, 4.69) is 19.1 Å². The highest BCUT2D eigenvalue weighted by molar-refractivity contribution is 5.87. The molecule has 0 amide bonds. The first-order valence-electron chi connectivity index (χ1n) is 5.56. The first kappa shape index (κ1) is 11.4. The molecule has 17 heavy (non-hydrogen) atoms. The standard InChI is InChI=1S/C15H14O2/c1-11(12-5-3-2-4-6-12)13-7-9-14(10-8-13)15(16)17/h2-11H,1H3,(H,16,17)/t11-/m0/s1. The van der Waals surface area contributed by atoms with E-state index < -0.39 is 5.97 Å². The van der Waals surface area contributed by atoms with Crippen LogP contribution in [0.4, 0.5) is 0 Å². The molecule has 0 aliphatic heterocycles. The third-order valence-electron chi connectivity index (χ3n) is 2.96. The van der Waals surface area contributed by atoms with Gasteiger partial charge in [0.25, 0.3) is 0 Å². The van der Waals surface area contributed by atoms with Gasteiger partial charge in [0.05, 0.1) is 5.56 Å². The van der Waals surface area contributed by atoms with Crippen molar-refractivity contribution in [2.24, 2.45) is 0 Å². The molecule has 0 saturated heterocycles. The van der Waals surface area contributed by atoms with Gasteiger partial charge in [0.2, 0.25) is 0 Å². The van der Waals surface area contributed by atoms with Crippen LogP contribution in [-0.2, 0) is 0 Å². The minimum absolute atomic E-state index is 0.277. The molecule has 0 aliphatic carbocycles. The number of carboxylic acid groups (broad SMARTS) is 1. The maximum Gasteiger partial charge on any atom is 0.335 e. The maximum absolute atomic E-state index is 10.8. The van der Waals surface area contributed by atoms with Crippen molar-refractivity contribution in [2.75, 3.05) is 0 Å². The number of carboxylic acids is 1. The smallest absolute Gasteiger partial charge is 0.335 e. The molecule has 2 nitrogen and oxygen atoms in total. The summed E-state index contributed by atoms with van der Waals surface area (Å²) in [5.41, 5.74) is 2.69. The molecule has 0 aromatic heterocycles. The molecule has 0 aliphatic rings. The zero-order valence-corrected chi connectivity index (χ0v) is 9.63. The van der Waals surface area contributed by atoms with Crippen LogP contribution in [0.3, 0.4) is 0 Å². The van der Waals surface area contributed by atoms with E-state index in [0.717, 1.165) is 5.56 Å². The molecule has 1 N–H and O–H groups in total. The van der Waals surface area contributed by atoms with E-state index in [1.54, 1.807) is 12.1 Å². The van der Waals surface area contributed by atoms with Crippen molar-refractivity contribution in [3.63, 3.8) is 0 Å². The third-order valence-corrected chi connectivity index (χ3v) is 2.96. The van der Waals surface area contributed by atoms with Crippen LogP contribution in [0.2, 0.25) is 0 Å². The lowest BCUT2D eigenvalue weighted by Gasteiger charge is -2.12. The van der Waals surface area contributed by atoms with Gasteiger partial charge < -0.3 is 5.11 Å². The topological polar surface area (TPSA) is 37.3 Å². The molecule has 0 spiro atoms. The quantitative estimate of drug-likeness (QED) is 0.869. The second-order valence-corrected chi connectivity index (χ2v) is 4.06. The lowest BCUT2D eigenvalue weighted by Crippen LogP contribution is -1.99. The Bertz CT molecular complexity index is 500. The van der Waals surface area contributed by atoms with Crippen LogP contribution < -0.4 is 0 Å². The molecule has 0 heterocycles. The summed E-state index contributed by atoms with van der Waals surface area (Å²) in [6.07, 6.45) is 0. The Kier molecular flexibility index (Phi) is 3.24. The second-order valence-electron chi connectivity index (χ2n) is 4.06. The molecule has 2 aromatic rings. The van der Waals surface area contributed by atoms with E-state index in [9.17, 15) is 4.79 Å².